The van der Waals surface area contributed by atoms with Crippen LogP contribution in [0.15, 0.2) is 29.6 Å². The van der Waals surface area contributed by atoms with Gasteiger partial charge in [-0.05, 0) is 56.9 Å². The second-order valence-electron chi connectivity index (χ2n) is 6.86. The molecule has 7 heteroatoms. The number of halogens is 1. The van der Waals surface area contributed by atoms with E-state index in [0.717, 1.165) is 54.1 Å². The van der Waals surface area contributed by atoms with Crippen molar-refractivity contribution < 1.29 is 4.39 Å². The number of aryl methyl sites for hydroxylation is 2. The Kier molecular flexibility index (Phi) is 4.72. The maximum absolute atomic E-state index is 13.1. The lowest BCUT2D eigenvalue weighted by Crippen LogP contribution is -2.37. The SMILES string of the molecule is Cc1nc(C)n(CC2CCCN(c3nc(-c4ccc(F)cc4)cs3)C2)n1. The first kappa shape index (κ1) is 17.1. The van der Waals surface area contributed by atoms with Gasteiger partial charge in [-0.3, -0.25) is 0 Å². The fraction of sp³-hybridized carbons (Fsp3) is 0.421. The number of thiazole rings is 1. The van der Waals surface area contributed by atoms with Crippen molar-refractivity contribution in [3.8, 4) is 11.3 Å². The standard InChI is InChI=1S/C19H22FN5S/c1-13-21-14(2)25(23-13)11-15-4-3-9-24(10-15)19-22-18(12-26-19)16-5-7-17(20)8-6-16/h5-8,12,15H,3-4,9-11H2,1-2H3. The summed E-state index contributed by atoms with van der Waals surface area (Å²) in [6.45, 7) is 6.86. The zero-order valence-corrected chi connectivity index (χ0v) is 15.8. The average Bonchev–Trinajstić information content (AvgIpc) is 3.23. The smallest absolute Gasteiger partial charge is 0.185 e. The minimum absolute atomic E-state index is 0.221. The van der Waals surface area contributed by atoms with Crippen LogP contribution in [0.1, 0.15) is 24.5 Å². The van der Waals surface area contributed by atoms with E-state index >= 15 is 0 Å². The molecule has 4 rings (SSSR count). The van der Waals surface area contributed by atoms with Crippen molar-refractivity contribution in [2.24, 2.45) is 5.92 Å². The molecule has 2 aromatic heterocycles. The molecule has 1 aromatic carbocycles. The van der Waals surface area contributed by atoms with Crippen molar-refractivity contribution in [1.82, 2.24) is 19.7 Å². The summed E-state index contributed by atoms with van der Waals surface area (Å²) in [5.74, 6) is 2.13. The molecule has 0 radical (unpaired) electrons. The van der Waals surface area contributed by atoms with E-state index in [1.54, 1.807) is 23.5 Å². The van der Waals surface area contributed by atoms with E-state index in [2.05, 4.69) is 20.4 Å². The van der Waals surface area contributed by atoms with Gasteiger partial charge in [0.15, 0.2) is 5.13 Å². The Morgan fingerprint density at radius 3 is 2.73 bits per heavy atom. The Labute approximate surface area is 156 Å². The summed E-state index contributed by atoms with van der Waals surface area (Å²) in [4.78, 5) is 11.5. The highest BCUT2D eigenvalue weighted by Gasteiger charge is 2.23. The Balaban J connectivity index is 1.46. The summed E-state index contributed by atoms with van der Waals surface area (Å²) in [5.41, 5.74) is 1.87. The van der Waals surface area contributed by atoms with E-state index in [9.17, 15) is 4.39 Å². The van der Waals surface area contributed by atoms with E-state index in [0.29, 0.717) is 5.92 Å². The monoisotopic (exact) mass is 371 g/mol. The second-order valence-corrected chi connectivity index (χ2v) is 7.70. The van der Waals surface area contributed by atoms with Crippen LogP contribution < -0.4 is 4.90 Å². The zero-order chi connectivity index (χ0) is 18.1. The van der Waals surface area contributed by atoms with E-state index < -0.39 is 0 Å². The molecular formula is C19H22FN5S. The largest absolute Gasteiger partial charge is 0.348 e. The third kappa shape index (κ3) is 3.62. The molecular weight excluding hydrogens is 349 g/mol. The van der Waals surface area contributed by atoms with E-state index in [1.807, 2.05) is 18.5 Å². The average molecular weight is 371 g/mol. The third-order valence-corrected chi connectivity index (χ3v) is 5.72. The van der Waals surface area contributed by atoms with Crippen LogP contribution >= 0.6 is 11.3 Å². The molecule has 0 amide bonds. The van der Waals surface area contributed by atoms with Crippen molar-refractivity contribution in [1.29, 1.82) is 0 Å². The Morgan fingerprint density at radius 1 is 1.19 bits per heavy atom. The van der Waals surface area contributed by atoms with Gasteiger partial charge >= 0.3 is 0 Å². The summed E-state index contributed by atoms with van der Waals surface area (Å²) in [7, 11) is 0. The summed E-state index contributed by atoms with van der Waals surface area (Å²) in [5, 5.41) is 7.59. The van der Waals surface area contributed by atoms with Gasteiger partial charge in [-0.15, -0.1) is 11.3 Å². The van der Waals surface area contributed by atoms with Gasteiger partial charge in [-0.25, -0.2) is 19.0 Å². The first-order valence-corrected chi connectivity index (χ1v) is 9.81. The quantitative estimate of drug-likeness (QED) is 0.693. The predicted molar refractivity (Wildman–Crippen MR) is 102 cm³/mol. The summed E-state index contributed by atoms with van der Waals surface area (Å²) in [6, 6.07) is 6.52. The number of piperidine rings is 1. The number of benzene rings is 1. The van der Waals surface area contributed by atoms with Crippen LogP contribution in [0.2, 0.25) is 0 Å². The van der Waals surface area contributed by atoms with Crippen molar-refractivity contribution >= 4 is 16.5 Å². The summed E-state index contributed by atoms with van der Waals surface area (Å²) in [6.07, 6.45) is 2.36. The molecule has 5 nitrogen and oxygen atoms in total. The Hall–Kier alpha value is -2.28. The van der Waals surface area contributed by atoms with E-state index in [-0.39, 0.29) is 5.82 Å². The maximum atomic E-state index is 13.1. The van der Waals surface area contributed by atoms with Gasteiger partial charge in [0.05, 0.1) is 5.69 Å². The fourth-order valence-corrected chi connectivity index (χ4v) is 4.40. The highest BCUT2D eigenvalue weighted by Crippen LogP contribution is 2.30. The fourth-order valence-electron chi connectivity index (χ4n) is 3.53. The van der Waals surface area contributed by atoms with Crippen LogP contribution in [0.4, 0.5) is 9.52 Å². The van der Waals surface area contributed by atoms with Gasteiger partial charge in [0.1, 0.15) is 17.5 Å². The third-order valence-electron chi connectivity index (χ3n) is 4.82. The molecule has 3 heterocycles. The van der Waals surface area contributed by atoms with Crippen LogP contribution in [0.3, 0.4) is 0 Å². The lowest BCUT2D eigenvalue weighted by molar-refractivity contribution is 0.347. The van der Waals surface area contributed by atoms with Crippen molar-refractivity contribution in [3.63, 3.8) is 0 Å². The van der Waals surface area contributed by atoms with Crippen molar-refractivity contribution in [2.75, 3.05) is 18.0 Å². The molecule has 1 saturated heterocycles. The topological polar surface area (TPSA) is 46.8 Å². The van der Waals surface area contributed by atoms with Crippen molar-refractivity contribution in [2.45, 2.75) is 33.2 Å². The Bertz CT molecular complexity index is 886. The summed E-state index contributed by atoms with van der Waals surface area (Å²) >= 11 is 1.66. The number of hydrogen-bond donors (Lipinski definition) is 0. The van der Waals surface area contributed by atoms with Gasteiger partial charge < -0.3 is 4.90 Å². The maximum Gasteiger partial charge on any atom is 0.185 e. The highest BCUT2D eigenvalue weighted by molar-refractivity contribution is 7.14. The number of nitrogens with zero attached hydrogens (tertiary/aromatic N) is 5. The van der Waals surface area contributed by atoms with Crippen LogP contribution in [-0.4, -0.2) is 32.8 Å². The molecule has 136 valence electrons. The number of hydrogen-bond acceptors (Lipinski definition) is 5. The van der Waals surface area contributed by atoms with Crippen LogP contribution in [0, 0.1) is 25.6 Å². The molecule has 0 saturated carbocycles. The van der Waals surface area contributed by atoms with Crippen LogP contribution in [0.25, 0.3) is 11.3 Å². The summed E-state index contributed by atoms with van der Waals surface area (Å²) < 4.78 is 15.1. The molecule has 0 spiro atoms. The predicted octanol–water partition coefficient (Wildman–Crippen LogP) is 4.07. The van der Waals surface area contributed by atoms with Gasteiger partial charge in [-0.1, -0.05) is 0 Å². The molecule has 1 fully saturated rings. The number of aromatic nitrogens is 4. The minimum Gasteiger partial charge on any atom is -0.348 e. The first-order valence-electron chi connectivity index (χ1n) is 8.93. The van der Waals surface area contributed by atoms with Crippen LogP contribution in [-0.2, 0) is 6.54 Å². The van der Waals surface area contributed by atoms with E-state index in [4.69, 9.17) is 4.98 Å². The van der Waals surface area contributed by atoms with Gasteiger partial charge in [0.2, 0.25) is 0 Å². The minimum atomic E-state index is -0.221. The molecule has 3 aromatic rings. The van der Waals surface area contributed by atoms with Gasteiger partial charge in [-0.2, -0.15) is 5.10 Å². The Morgan fingerprint density at radius 2 is 2.00 bits per heavy atom. The normalized spacial score (nSPS) is 17.7. The van der Waals surface area contributed by atoms with Gasteiger partial charge in [0.25, 0.3) is 0 Å². The molecule has 1 aliphatic rings. The van der Waals surface area contributed by atoms with E-state index in [1.165, 1.54) is 18.6 Å². The molecule has 1 atom stereocenters. The molecule has 0 N–H and O–H groups in total. The molecule has 0 bridgehead atoms. The second kappa shape index (κ2) is 7.15. The number of anilines is 1. The zero-order valence-electron chi connectivity index (χ0n) is 15.0. The van der Waals surface area contributed by atoms with Crippen molar-refractivity contribution in [3.05, 3.63) is 47.1 Å². The lowest BCUT2D eigenvalue weighted by atomic mass is 9.98. The molecule has 26 heavy (non-hydrogen) atoms. The molecule has 1 unspecified atom stereocenters. The van der Waals surface area contributed by atoms with Crippen LogP contribution in [0.5, 0.6) is 0 Å². The lowest BCUT2D eigenvalue weighted by Gasteiger charge is -2.32. The molecule has 1 aliphatic heterocycles. The molecule has 0 aliphatic carbocycles. The first-order chi connectivity index (χ1) is 12.6. The number of rotatable bonds is 4. The highest BCUT2D eigenvalue weighted by atomic mass is 32.1. The van der Waals surface area contributed by atoms with Gasteiger partial charge in [0, 0.05) is 30.6 Å².